The molecule has 0 fully saturated rings. The highest BCUT2D eigenvalue weighted by Gasteiger charge is 2.15. The van der Waals surface area contributed by atoms with Crippen LogP contribution in [0, 0.1) is 0 Å². The predicted molar refractivity (Wildman–Crippen MR) is 67.1 cm³/mol. The Bertz CT molecular complexity index is 446. The summed E-state index contributed by atoms with van der Waals surface area (Å²) in [7, 11) is 0. The van der Waals surface area contributed by atoms with E-state index in [1.165, 1.54) is 13.1 Å². The van der Waals surface area contributed by atoms with Gasteiger partial charge in [0, 0.05) is 0 Å². The summed E-state index contributed by atoms with van der Waals surface area (Å²) in [6.45, 7) is 3.72. The summed E-state index contributed by atoms with van der Waals surface area (Å²) in [6.07, 6.45) is 0.519. The van der Waals surface area contributed by atoms with Crippen molar-refractivity contribution in [1.29, 1.82) is 0 Å². The molecule has 98 valence electrons. The molecule has 3 N–H and O–H groups in total. The van der Waals surface area contributed by atoms with Gasteiger partial charge in [-0.05, 0) is 37.6 Å². The first-order valence-corrected chi connectivity index (χ1v) is 5.48. The Morgan fingerprint density at radius 1 is 1.56 bits per heavy atom. The Kier molecular flexibility index (Phi) is 4.98. The summed E-state index contributed by atoms with van der Waals surface area (Å²) >= 11 is 0. The maximum absolute atomic E-state index is 10.7. The number of nitrogens with two attached hydrogens (primary N) is 1. The first-order chi connectivity index (χ1) is 8.58. The average molecular weight is 252 g/mol. The number of benzene rings is 1. The van der Waals surface area contributed by atoms with E-state index >= 15 is 0 Å². The lowest BCUT2D eigenvalue weighted by atomic mass is 10.2. The molecule has 0 aliphatic rings. The standard InChI is InChI=1S/C12H16N2O4/c1-3-17-11-6-9(7-14-13)4-5-10(11)18-8(2)12(15)16/h4-8H,3,13H2,1-2H3,(H,15,16). The van der Waals surface area contributed by atoms with Gasteiger partial charge in [-0.3, -0.25) is 0 Å². The highest BCUT2D eigenvalue weighted by Crippen LogP contribution is 2.29. The smallest absolute Gasteiger partial charge is 0.344 e. The van der Waals surface area contributed by atoms with Gasteiger partial charge in [0.25, 0.3) is 0 Å². The van der Waals surface area contributed by atoms with Crippen molar-refractivity contribution in [2.45, 2.75) is 20.0 Å². The van der Waals surface area contributed by atoms with Crippen molar-refractivity contribution >= 4 is 12.2 Å². The average Bonchev–Trinajstić information content (AvgIpc) is 2.33. The second-order valence-corrected chi connectivity index (χ2v) is 3.52. The molecule has 0 saturated heterocycles. The molecule has 1 unspecified atom stereocenters. The minimum atomic E-state index is -1.04. The molecule has 18 heavy (non-hydrogen) atoms. The maximum Gasteiger partial charge on any atom is 0.344 e. The Hall–Kier alpha value is -2.24. The molecular weight excluding hydrogens is 236 g/mol. The van der Waals surface area contributed by atoms with Crippen LogP contribution in [0.25, 0.3) is 0 Å². The lowest BCUT2D eigenvalue weighted by Crippen LogP contribution is -2.23. The number of carboxylic acid groups (broad SMARTS) is 1. The number of carboxylic acids is 1. The third-order valence-corrected chi connectivity index (χ3v) is 2.14. The van der Waals surface area contributed by atoms with Crippen LogP contribution in [-0.2, 0) is 4.79 Å². The quantitative estimate of drug-likeness (QED) is 0.451. The van der Waals surface area contributed by atoms with E-state index in [1.807, 2.05) is 6.92 Å². The fourth-order valence-corrected chi connectivity index (χ4v) is 1.30. The Balaban J connectivity index is 2.99. The van der Waals surface area contributed by atoms with E-state index in [4.69, 9.17) is 20.4 Å². The van der Waals surface area contributed by atoms with Crippen LogP contribution in [0.5, 0.6) is 11.5 Å². The number of ether oxygens (including phenoxy) is 2. The summed E-state index contributed by atoms with van der Waals surface area (Å²) in [5, 5.41) is 12.2. The fraction of sp³-hybridized carbons (Fsp3) is 0.333. The van der Waals surface area contributed by atoms with Crippen LogP contribution in [0.3, 0.4) is 0 Å². The predicted octanol–water partition coefficient (Wildman–Crippen LogP) is 1.23. The first kappa shape index (κ1) is 13.8. The number of nitrogens with zero attached hydrogens (tertiary/aromatic N) is 1. The van der Waals surface area contributed by atoms with Crippen molar-refractivity contribution in [3.05, 3.63) is 23.8 Å². The Morgan fingerprint density at radius 3 is 2.83 bits per heavy atom. The summed E-state index contributed by atoms with van der Waals surface area (Å²) in [5.41, 5.74) is 0.747. The van der Waals surface area contributed by atoms with E-state index in [9.17, 15) is 4.79 Å². The second-order valence-electron chi connectivity index (χ2n) is 3.52. The molecule has 1 aromatic carbocycles. The van der Waals surface area contributed by atoms with Crippen LogP contribution in [0.4, 0.5) is 0 Å². The molecule has 0 bridgehead atoms. The van der Waals surface area contributed by atoms with Gasteiger partial charge in [0.2, 0.25) is 0 Å². The number of hydrogen-bond acceptors (Lipinski definition) is 5. The highest BCUT2D eigenvalue weighted by molar-refractivity contribution is 5.80. The molecule has 0 saturated carbocycles. The molecule has 1 rings (SSSR count). The van der Waals surface area contributed by atoms with Gasteiger partial charge in [-0.15, -0.1) is 0 Å². The molecule has 0 heterocycles. The van der Waals surface area contributed by atoms with E-state index in [1.54, 1.807) is 18.2 Å². The minimum Gasteiger partial charge on any atom is -0.490 e. The largest absolute Gasteiger partial charge is 0.490 e. The normalized spacial score (nSPS) is 12.3. The molecule has 6 nitrogen and oxygen atoms in total. The van der Waals surface area contributed by atoms with Gasteiger partial charge in [-0.1, -0.05) is 0 Å². The lowest BCUT2D eigenvalue weighted by Gasteiger charge is -2.14. The van der Waals surface area contributed by atoms with Crippen LogP contribution in [-0.4, -0.2) is 30.0 Å². The van der Waals surface area contributed by atoms with Crippen molar-refractivity contribution in [1.82, 2.24) is 0 Å². The van der Waals surface area contributed by atoms with Crippen molar-refractivity contribution in [3.63, 3.8) is 0 Å². The third-order valence-electron chi connectivity index (χ3n) is 2.14. The van der Waals surface area contributed by atoms with Crippen LogP contribution < -0.4 is 15.3 Å². The third kappa shape index (κ3) is 3.65. The number of rotatable bonds is 6. The number of carbonyl (C=O) groups is 1. The molecule has 0 aliphatic carbocycles. The lowest BCUT2D eigenvalue weighted by molar-refractivity contribution is -0.144. The molecule has 1 aromatic rings. The summed E-state index contributed by atoms with van der Waals surface area (Å²) in [5.74, 6) is 4.86. The zero-order valence-corrected chi connectivity index (χ0v) is 10.3. The monoisotopic (exact) mass is 252 g/mol. The minimum absolute atomic E-state index is 0.376. The van der Waals surface area contributed by atoms with E-state index in [0.29, 0.717) is 18.1 Å². The Morgan fingerprint density at radius 2 is 2.28 bits per heavy atom. The summed E-state index contributed by atoms with van der Waals surface area (Å²) < 4.78 is 10.7. The number of hydrogen-bond donors (Lipinski definition) is 2. The SMILES string of the molecule is CCOc1cc(C=NN)ccc1OC(C)C(=O)O. The van der Waals surface area contributed by atoms with Gasteiger partial charge in [0.05, 0.1) is 12.8 Å². The van der Waals surface area contributed by atoms with Crippen LogP contribution in [0.1, 0.15) is 19.4 Å². The first-order valence-electron chi connectivity index (χ1n) is 5.48. The summed E-state index contributed by atoms with van der Waals surface area (Å²) in [4.78, 5) is 10.7. The molecule has 6 heteroatoms. The molecule has 0 aliphatic heterocycles. The van der Waals surface area contributed by atoms with Gasteiger partial charge in [0.1, 0.15) is 0 Å². The van der Waals surface area contributed by atoms with E-state index in [2.05, 4.69) is 5.10 Å². The second kappa shape index (κ2) is 6.48. The van der Waals surface area contributed by atoms with Gasteiger partial charge >= 0.3 is 5.97 Å². The van der Waals surface area contributed by atoms with E-state index in [-0.39, 0.29) is 0 Å². The van der Waals surface area contributed by atoms with E-state index < -0.39 is 12.1 Å². The molecule has 0 aromatic heterocycles. The van der Waals surface area contributed by atoms with Gasteiger partial charge in [-0.25, -0.2) is 4.79 Å². The van der Waals surface area contributed by atoms with Crippen molar-refractivity contribution in [2.24, 2.45) is 10.9 Å². The van der Waals surface area contributed by atoms with Crippen LogP contribution in [0.15, 0.2) is 23.3 Å². The van der Waals surface area contributed by atoms with E-state index in [0.717, 1.165) is 5.56 Å². The highest BCUT2D eigenvalue weighted by atomic mass is 16.5. The zero-order chi connectivity index (χ0) is 13.5. The van der Waals surface area contributed by atoms with Crippen LogP contribution >= 0.6 is 0 Å². The van der Waals surface area contributed by atoms with Crippen LogP contribution in [0.2, 0.25) is 0 Å². The van der Waals surface area contributed by atoms with Crippen molar-refractivity contribution in [2.75, 3.05) is 6.61 Å². The van der Waals surface area contributed by atoms with Gasteiger partial charge < -0.3 is 20.4 Å². The van der Waals surface area contributed by atoms with Gasteiger partial charge in [0.15, 0.2) is 17.6 Å². The molecule has 0 radical (unpaired) electrons. The van der Waals surface area contributed by atoms with Crippen molar-refractivity contribution < 1.29 is 19.4 Å². The maximum atomic E-state index is 10.7. The zero-order valence-electron chi connectivity index (χ0n) is 10.3. The van der Waals surface area contributed by atoms with Gasteiger partial charge in [-0.2, -0.15) is 5.10 Å². The van der Waals surface area contributed by atoms with Crippen molar-refractivity contribution in [3.8, 4) is 11.5 Å². The summed E-state index contributed by atoms with van der Waals surface area (Å²) in [6, 6.07) is 5.02. The molecular formula is C12H16N2O4. The molecule has 1 atom stereocenters. The number of aliphatic carboxylic acids is 1. The molecule has 0 amide bonds. The number of hydrazone groups is 1. The fourth-order valence-electron chi connectivity index (χ4n) is 1.30. The molecule has 0 spiro atoms. The Labute approximate surface area is 105 Å². The topological polar surface area (TPSA) is 94.1 Å².